The lowest BCUT2D eigenvalue weighted by Gasteiger charge is -2.37. The van der Waals surface area contributed by atoms with E-state index in [4.69, 9.17) is 10.5 Å². The zero-order valence-corrected chi connectivity index (χ0v) is 15.0. The highest BCUT2D eigenvalue weighted by Gasteiger charge is 2.36. The summed E-state index contributed by atoms with van der Waals surface area (Å²) in [6, 6.07) is 6.29. The molecule has 1 aliphatic rings. The zero-order valence-electron chi connectivity index (χ0n) is 15.0. The molecule has 2 rings (SSSR count). The number of aliphatic hydroxyl groups is 2. The van der Waals surface area contributed by atoms with Crippen molar-refractivity contribution in [2.24, 2.45) is 11.7 Å². The van der Waals surface area contributed by atoms with Crippen molar-refractivity contribution < 1.29 is 14.9 Å². The zero-order chi connectivity index (χ0) is 17.4. The van der Waals surface area contributed by atoms with E-state index in [2.05, 4.69) is 19.1 Å². The molecule has 4 heteroatoms. The van der Waals surface area contributed by atoms with Gasteiger partial charge >= 0.3 is 0 Å². The first-order valence-electron chi connectivity index (χ1n) is 9.38. The third kappa shape index (κ3) is 4.95. The van der Waals surface area contributed by atoms with Crippen molar-refractivity contribution in [3.63, 3.8) is 0 Å². The van der Waals surface area contributed by atoms with Crippen LogP contribution in [-0.4, -0.2) is 35.6 Å². The molecule has 1 atom stereocenters. The molecule has 0 radical (unpaired) electrons. The normalized spacial score (nSPS) is 17.6. The van der Waals surface area contributed by atoms with Gasteiger partial charge in [0, 0.05) is 0 Å². The van der Waals surface area contributed by atoms with Crippen LogP contribution in [-0.2, 0) is 12.8 Å². The van der Waals surface area contributed by atoms with Crippen LogP contribution in [0.4, 0.5) is 0 Å². The van der Waals surface area contributed by atoms with Gasteiger partial charge in [0.2, 0.25) is 0 Å². The smallest absolute Gasteiger partial charge is 0.119 e. The number of benzene rings is 1. The SMILES string of the molecule is CCCCCCCOc1ccc2c(c1)CC[C@@H](C(N)(CO)CO)C2. The average molecular weight is 335 g/mol. The second-order valence-electron chi connectivity index (χ2n) is 7.18. The maximum Gasteiger partial charge on any atom is 0.119 e. The molecule has 136 valence electrons. The van der Waals surface area contributed by atoms with E-state index in [0.717, 1.165) is 38.0 Å². The number of ether oxygens (including phenoxy) is 1. The van der Waals surface area contributed by atoms with Crippen molar-refractivity contribution in [3.05, 3.63) is 29.3 Å². The van der Waals surface area contributed by atoms with Gasteiger partial charge in [-0.05, 0) is 54.9 Å². The van der Waals surface area contributed by atoms with Crippen molar-refractivity contribution in [1.29, 1.82) is 0 Å². The number of nitrogens with two attached hydrogens (primary N) is 1. The molecule has 0 spiro atoms. The maximum absolute atomic E-state index is 9.50. The van der Waals surface area contributed by atoms with Crippen LogP contribution in [0.15, 0.2) is 18.2 Å². The lowest BCUT2D eigenvalue weighted by molar-refractivity contribution is 0.0690. The summed E-state index contributed by atoms with van der Waals surface area (Å²) >= 11 is 0. The Morgan fingerprint density at radius 2 is 1.88 bits per heavy atom. The van der Waals surface area contributed by atoms with Crippen LogP contribution in [0, 0.1) is 5.92 Å². The molecule has 1 aromatic carbocycles. The first-order valence-corrected chi connectivity index (χ1v) is 9.38. The number of rotatable bonds is 10. The van der Waals surface area contributed by atoms with E-state index in [-0.39, 0.29) is 19.1 Å². The minimum Gasteiger partial charge on any atom is -0.494 e. The van der Waals surface area contributed by atoms with E-state index < -0.39 is 5.54 Å². The Morgan fingerprint density at radius 3 is 2.58 bits per heavy atom. The fraction of sp³-hybridized carbons (Fsp3) is 0.700. The molecule has 0 unspecified atom stereocenters. The minimum atomic E-state index is -0.884. The van der Waals surface area contributed by atoms with Crippen molar-refractivity contribution >= 4 is 0 Å². The summed E-state index contributed by atoms with van der Waals surface area (Å²) in [4.78, 5) is 0. The van der Waals surface area contributed by atoms with Crippen LogP contribution in [0.1, 0.15) is 56.6 Å². The first-order chi connectivity index (χ1) is 11.6. The van der Waals surface area contributed by atoms with E-state index >= 15 is 0 Å². The fourth-order valence-electron chi connectivity index (χ4n) is 3.52. The van der Waals surface area contributed by atoms with Gasteiger partial charge < -0.3 is 20.7 Å². The summed E-state index contributed by atoms with van der Waals surface area (Å²) in [6.45, 7) is 2.65. The third-order valence-electron chi connectivity index (χ3n) is 5.32. The number of hydrogen-bond donors (Lipinski definition) is 3. The molecule has 4 nitrogen and oxygen atoms in total. The Kier molecular flexibility index (Phi) is 7.53. The van der Waals surface area contributed by atoms with Gasteiger partial charge in [-0.3, -0.25) is 0 Å². The van der Waals surface area contributed by atoms with Crippen LogP contribution >= 0.6 is 0 Å². The quantitative estimate of drug-likeness (QED) is 0.575. The van der Waals surface area contributed by atoms with E-state index in [1.165, 1.54) is 36.8 Å². The summed E-state index contributed by atoms with van der Waals surface area (Å²) in [7, 11) is 0. The van der Waals surface area contributed by atoms with E-state index in [9.17, 15) is 10.2 Å². The molecule has 0 fully saturated rings. The predicted molar refractivity (Wildman–Crippen MR) is 97.3 cm³/mol. The van der Waals surface area contributed by atoms with Crippen molar-refractivity contribution in [2.75, 3.05) is 19.8 Å². The van der Waals surface area contributed by atoms with Gasteiger partial charge in [0.05, 0.1) is 25.4 Å². The van der Waals surface area contributed by atoms with Crippen LogP contribution < -0.4 is 10.5 Å². The first kappa shape index (κ1) is 19.2. The monoisotopic (exact) mass is 335 g/mol. The van der Waals surface area contributed by atoms with Gasteiger partial charge in [0.25, 0.3) is 0 Å². The lowest BCUT2D eigenvalue weighted by Crippen LogP contribution is -2.55. The topological polar surface area (TPSA) is 75.7 Å². The molecule has 1 aliphatic carbocycles. The Balaban J connectivity index is 1.87. The molecular weight excluding hydrogens is 302 g/mol. The largest absolute Gasteiger partial charge is 0.494 e. The molecule has 0 saturated carbocycles. The molecule has 0 amide bonds. The molecular formula is C20H33NO3. The van der Waals surface area contributed by atoms with Gasteiger partial charge in [0.1, 0.15) is 5.75 Å². The van der Waals surface area contributed by atoms with Gasteiger partial charge in [-0.1, -0.05) is 38.7 Å². The Bertz CT molecular complexity index is 500. The lowest BCUT2D eigenvalue weighted by atomic mass is 9.73. The van der Waals surface area contributed by atoms with Crippen molar-refractivity contribution in [2.45, 2.75) is 63.8 Å². The maximum atomic E-state index is 9.50. The summed E-state index contributed by atoms with van der Waals surface area (Å²) in [5.74, 6) is 1.07. The van der Waals surface area contributed by atoms with Crippen molar-refractivity contribution in [1.82, 2.24) is 0 Å². The average Bonchev–Trinajstić information content (AvgIpc) is 2.63. The van der Waals surface area contributed by atoms with E-state index in [1.807, 2.05) is 6.07 Å². The van der Waals surface area contributed by atoms with Gasteiger partial charge in [0.15, 0.2) is 0 Å². The van der Waals surface area contributed by atoms with Crippen LogP contribution in [0.5, 0.6) is 5.75 Å². The molecule has 0 bridgehead atoms. The highest BCUT2D eigenvalue weighted by atomic mass is 16.5. The molecule has 0 saturated heterocycles. The number of aryl methyl sites for hydroxylation is 1. The summed E-state index contributed by atoms with van der Waals surface area (Å²) in [5.41, 5.74) is 7.84. The van der Waals surface area contributed by atoms with Gasteiger partial charge in [-0.2, -0.15) is 0 Å². The third-order valence-corrected chi connectivity index (χ3v) is 5.32. The number of fused-ring (bicyclic) bond motifs is 1. The number of aliphatic hydroxyl groups excluding tert-OH is 2. The van der Waals surface area contributed by atoms with Gasteiger partial charge in [-0.15, -0.1) is 0 Å². The minimum absolute atomic E-state index is 0.116. The van der Waals surface area contributed by atoms with E-state index in [0.29, 0.717) is 0 Å². The molecule has 0 aliphatic heterocycles. The van der Waals surface area contributed by atoms with Crippen molar-refractivity contribution in [3.8, 4) is 5.75 Å². The summed E-state index contributed by atoms with van der Waals surface area (Å²) < 4.78 is 5.88. The standard InChI is InChI=1S/C20H33NO3/c1-2-3-4-5-6-11-24-19-10-8-16-12-18(9-7-17(16)13-19)20(21,14-22)15-23/h8,10,13,18,22-23H,2-7,9,11-12,14-15,21H2,1H3/t18-/m1/s1. The van der Waals surface area contributed by atoms with Gasteiger partial charge in [-0.25, -0.2) is 0 Å². The molecule has 0 aromatic heterocycles. The van der Waals surface area contributed by atoms with Crippen LogP contribution in [0.3, 0.4) is 0 Å². The summed E-state index contributed by atoms with van der Waals surface area (Å²) in [6.07, 6.45) is 8.85. The summed E-state index contributed by atoms with van der Waals surface area (Å²) in [5, 5.41) is 19.0. The van der Waals surface area contributed by atoms with E-state index in [1.54, 1.807) is 0 Å². The molecule has 1 aromatic rings. The molecule has 24 heavy (non-hydrogen) atoms. The Morgan fingerprint density at radius 1 is 1.12 bits per heavy atom. The van der Waals surface area contributed by atoms with Crippen LogP contribution in [0.25, 0.3) is 0 Å². The fourth-order valence-corrected chi connectivity index (χ4v) is 3.52. The second-order valence-corrected chi connectivity index (χ2v) is 7.18. The molecule has 0 heterocycles. The molecule has 4 N–H and O–H groups in total. The Hall–Kier alpha value is -1.10. The van der Waals surface area contributed by atoms with Crippen LogP contribution in [0.2, 0.25) is 0 Å². The predicted octanol–water partition coefficient (Wildman–Crippen LogP) is 2.82. The highest BCUT2D eigenvalue weighted by molar-refractivity contribution is 5.38. The highest BCUT2D eigenvalue weighted by Crippen LogP contribution is 2.33. The number of unbranched alkanes of at least 4 members (excludes halogenated alkanes) is 4. The Labute approximate surface area is 146 Å². The number of hydrogen-bond acceptors (Lipinski definition) is 4. The second kappa shape index (κ2) is 9.40.